The molecule has 1 N–H and O–H groups in total. The third-order valence-electron chi connectivity index (χ3n) is 3.92. The predicted octanol–water partition coefficient (Wildman–Crippen LogP) is 3.74. The van der Waals surface area contributed by atoms with Crippen molar-refractivity contribution >= 4 is 5.91 Å². The minimum Gasteiger partial charge on any atom is -0.497 e. The monoisotopic (exact) mass is 343 g/mol. The molecule has 2 aromatic carbocycles. The van der Waals surface area contributed by atoms with E-state index in [1.165, 1.54) is 0 Å². The topological polar surface area (TPSA) is 56.8 Å². The lowest BCUT2D eigenvalue weighted by Crippen LogP contribution is -2.29. The number of carbonyl (C=O) groups is 1. The number of methoxy groups -OCH3 is 2. The summed E-state index contributed by atoms with van der Waals surface area (Å²) in [5.41, 5.74) is 1.06. The van der Waals surface area contributed by atoms with E-state index in [1.807, 2.05) is 55.5 Å². The highest BCUT2D eigenvalue weighted by molar-refractivity contribution is 5.76. The van der Waals surface area contributed by atoms with E-state index in [2.05, 4.69) is 5.32 Å². The number of benzene rings is 2. The zero-order valence-corrected chi connectivity index (χ0v) is 15.0. The van der Waals surface area contributed by atoms with Crippen molar-refractivity contribution in [2.24, 2.45) is 0 Å². The van der Waals surface area contributed by atoms with Gasteiger partial charge in [0.15, 0.2) is 11.5 Å². The molecule has 0 saturated carbocycles. The van der Waals surface area contributed by atoms with Gasteiger partial charge >= 0.3 is 0 Å². The van der Waals surface area contributed by atoms with Crippen molar-refractivity contribution < 1.29 is 19.0 Å². The molecule has 0 fully saturated rings. The Kier molecular flexibility index (Phi) is 7.14. The lowest BCUT2D eigenvalue weighted by atomic mass is 10.0. The molecule has 0 aromatic heterocycles. The van der Waals surface area contributed by atoms with Crippen LogP contribution in [0.2, 0.25) is 0 Å². The summed E-state index contributed by atoms with van der Waals surface area (Å²) in [6.45, 7) is 2.34. The van der Waals surface area contributed by atoms with Gasteiger partial charge in [-0.25, -0.2) is 0 Å². The first-order valence-electron chi connectivity index (χ1n) is 8.37. The molecule has 2 rings (SSSR count). The van der Waals surface area contributed by atoms with E-state index < -0.39 is 0 Å². The van der Waals surface area contributed by atoms with Crippen molar-refractivity contribution in [3.8, 4) is 17.2 Å². The van der Waals surface area contributed by atoms with Crippen molar-refractivity contribution in [2.45, 2.75) is 25.8 Å². The number of carbonyl (C=O) groups excluding carboxylic acids is 1. The lowest BCUT2D eigenvalue weighted by molar-refractivity contribution is -0.122. The highest BCUT2D eigenvalue weighted by Gasteiger charge is 2.13. The molecule has 0 radical (unpaired) electrons. The molecule has 134 valence electrons. The Hall–Kier alpha value is -2.69. The van der Waals surface area contributed by atoms with Gasteiger partial charge in [0.25, 0.3) is 0 Å². The normalized spacial score (nSPS) is 11.5. The number of para-hydroxylation sites is 2. The summed E-state index contributed by atoms with van der Waals surface area (Å²) in [6, 6.07) is 15.1. The van der Waals surface area contributed by atoms with Gasteiger partial charge in [0.2, 0.25) is 5.91 Å². The van der Waals surface area contributed by atoms with Crippen LogP contribution in [-0.4, -0.2) is 26.7 Å². The highest BCUT2D eigenvalue weighted by Crippen LogP contribution is 2.26. The van der Waals surface area contributed by atoms with E-state index in [0.717, 1.165) is 17.7 Å². The Bertz CT molecular complexity index is 670. The van der Waals surface area contributed by atoms with E-state index in [-0.39, 0.29) is 18.4 Å². The van der Waals surface area contributed by atoms with Crippen LogP contribution >= 0.6 is 0 Å². The number of rotatable bonds is 9. The Morgan fingerprint density at radius 2 is 1.68 bits per heavy atom. The molecule has 2 aromatic rings. The number of nitrogens with one attached hydrogen (secondary N) is 1. The van der Waals surface area contributed by atoms with Gasteiger partial charge in [0.1, 0.15) is 5.75 Å². The summed E-state index contributed by atoms with van der Waals surface area (Å²) in [5.74, 6) is 2.06. The van der Waals surface area contributed by atoms with Crippen LogP contribution in [0.3, 0.4) is 0 Å². The first-order valence-corrected chi connectivity index (χ1v) is 8.37. The summed E-state index contributed by atoms with van der Waals surface area (Å²) >= 11 is 0. The molecule has 0 aliphatic carbocycles. The van der Waals surface area contributed by atoms with Gasteiger partial charge in [-0.2, -0.15) is 0 Å². The van der Waals surface area contributed by atoms with Crippen molar-refractivity contribution in [1.82, 2.24) is 5.32 Å². The maximum Gasteiger partial charge on any atom is 0.223 e. The third-order valence-corrected chi connectivity index (χ3v) is 3.92. The highest BCUT2D eigenvalue weighted by atomic mass is 16.5. The van der Waals surface area contributed by atoms with Crippen LogP contribution in [-0.2, 0) is 4.79 Å². The molecule has 0 aliphatic rings. The first-order chi connectivity index (χ1) is 12.2. The van der Waals surface area contributed by atoms with Crippen LogP contribution in [0.4, 0.5) is 0 Å². The molecule has 1 unspecified atom stereocenters. The largest absolute Gasteiger partial charge is 0.497 e. The maximum atomic E-state index is 12.2. The van der Waals surface area contributed by atoms with Gasteiger partial charge in [0, 0.05) is 0 Å². The van der Waals surface area contributed by atoms with Crippen molar-refractivity contribution in [3.63, 3.8) is 0 Å². The molecule has 0 saturated heterocycles. The van der Waals surface area contributed by atoms with Crippen LogP contribution in [0.25, 0.3) is 0 Å². The number of amides is 1. The van der Waals surface area contributed by atoms with Crippen molar-refractivity contribution in [3.05, 3.63) is 54.1 Å². The molecule has 25 heavy (non-hydrogen) atoms. The number of ether oxygens (including phenoxy) is 3. The third kappa shape index (κ3) is 5.41. The fraction of sp³-hybridized carbons (Fsp3) is 0.350. The first kappa shape index (κ1) is 18.6. The lowest BCUT2D eigenvalue weighted by Gasteiger charge is -2.18. The maximum absolute atomic E-state index is 12.2. The van der Waals surface area contributed by atoms with Gasteiger partial charge in [0.05, 0.1) is 33.3 Å². The molecule has 5 heteroatoms. The Morgan fingerprint density at radius 1 is 1.00 bits per heavy atom. The standard InChI is InChI=1S/C20H25NO4/c1-4-17(15-9-11-16(23-2)12-10-15)21-20(22)13-14-25-19-8-6-5-7-18(19)24-3/h5-12,17H,4,13-14H2,1-3H3,(H,21,22). The predicted molar refractivity (Wildman–Crippen MR) is 97.3 cm³/mol. The SMILES string of the molecule is CCC(NC(=O)CCOc1ccccc1OC)c1ccc(OC)cc1. The van der Waals surface area contributed by atoms with Gasteiger partial charge in [-0.1, -0.05) is 31.2 Å². The van der Waals surface area contributed by atoms with Crippen LogP contribution in [0.1, 0.15) is 31.4 Å². The molecular weight excluding hydrogens is 318 g/mol. The van der Waals surface area contributed by atoms with Gasteiger partial charge < -0.3 is 19.5 Å². The van der Waals surface area contributed by atoms with Crippen LogP contribution < -0.4 is 19.5 Å². The second-order valence-electron chi connectivity index (χ2n) is 5.55. The number of hydrogen-bond donors (Lipinski definition) is 1. The Morgan fingerprint density at radius 3 is 2.28 bits per heavy atom. The molecule has 0 spiro atoms. The minimum absolute atomic E-state index is 0.0235. The Labute approximate surface area is 148 Å². The molecule has 1 atom stereocenters. The van der Waals surface area contributed by atoms with Crippen LogP contribution in [0, 0.1) is 0 Å². The van der Waals surface area contributed by atoms with Crippen molar-refractivity contribution in [2.75, 3.05) is 20.8 Å². The second kappa shape index (κ2) is 9.57. The summed E-state index contributed by atoms with van der Waals surface area (Å²) in [6.07, 6.45) is 1.09. The van der Waals surface area contributed by atoms with Gasteiger partial charge in [-0.3, -0.25) is 4.79 Å². The van der Waals surface area contributed by atoms with Gasteiger partial charge in [-0.05, 0) is 36.2 Å². The summed E-state index contributed by atoms with van der Waals surface area (Å²) in [4.78, 5) is 12.2. The van der Waals surface area contributed by atoms with E-state index in [9.17, 15) is 4.79 Å². The Balaban J connectivity index is 1.85. The molecule has 0 bridgehead atoms. The zero-order valence-electron chi connectivity index (χ0n) is 15.0. The average molecular weight is 343 g/mol. The quantitative estimate of drug-likeness (QED) is 0.753. The molecule has 0 aliphatic heterocycles. The van der Waals surface area contributed by atoms with E-state index in [4.69, 9.17) is 14.2 Å². The van der Waals surface area contributed by atoms with E-state index >= 15 is 0 Å². The number of hydrogen-bond acceptors (Lipinski definition) is 4. The smallest absolute Gasteiger partial charge is 0.223 e. The van der Waals surface area contributed by atoms with Crippen LogP contribution in [0.5, 0.6) is 17.2 Å². The minimum atomic E-state index is -0.0439. The molecular formula is C20H25NO4. The zero-order chi connectivity index (χ0) is 18.1. The average Bonchev–Trinajstić information content (AvgIpc) is 2.66. The van der Waals surface area contributed by atoms with Crippen molar-refractivity contribution in [1.29, 1.82) is 0 Å². The summed E-state index contributed by atoms with van der Waals surface area (Å²) in [7, 11) is 3.23. The molecule has 1 amide bonds. The molecule has 5 nitrogen and oxygen atoms in total. The molecule has 0 heterocycles. The summed E-state index contributed by atoms with van der Waals surface area (Å²) < 4.78 is 16.0. The van der Waals surface area contributed by atoms with E-state index in [0.29, 0.717) is 18.1 Å². The van der Waals surface area contributed by atoms with E-state index in [1.54, 1.807) is 14.2 Å². The van der Waals surface area contributed by atoms with Crippen LogP contribution in [0.15, 0.2) is 48.5 Å². The summed E-state index contributed by atoms with van der Waals surface area (Å²) in [5, 5.41) is 3.04. The fourth-order valence-electron chi connectivity index (χ4n) is 2.52. The van der Waals surface area contributed by atoms with Gasteiger partial charge in [-0.15, -0.1) is 0 Å². The fourth-order valence-corrected chi connectivity index (χ4v) is 2.52. The second-order valence-corrected chi connectivity index (χ2v) is 5.55.